The third-order valence-corrected chi connectivity index (χ3v) is 6.94. The molecule has 0 spiro atoms. The van der Waals surface area contributed by atoms with E-state index in [9.17, 15) is 4.79 Å². The molecule has 3 aliphatic rings. The van der Waals surface area contributed by atoms with E-state index in [0.29, 0.717) is 30.4 Å². The van der Waals surface area contributed by atoms with Crippen LogP contribution in [0.1, 0.15) is 36.2 Å². The van der Waals surface area contributed by atoms with Gasteiger partial charge in [0, 0.05) is 20.3 Å². The summed E-state index contributed by atoms with van der Waals surface area (Å²) in [5.41, 5.74) is 2.67. The molecule has 2 aromatic carbocycles. The Morgan fingerprint density at radius 2 is 1.76 bits per heavy atom. The number of thiocarbonyl (C=S) groups is 1. The summed E-state index contributed by atoms with van der Waals surface area (Å²) in [5, 5.41) is 7.73. The molecule has 0 bridgehead atoms. The van der Waals surface area contributed by atoms with E-state index in [1.807, 2.05) is 70.5 Å². The van der Waals surface area contributed by atoms with Crippen molar-refractivity contribution in [3.8, 4) is 0 Å². The summed E-state index contributed by atoms with van der Waals surface area (Å²) >= 11 is 5.84. The van der Waals surface area contributed by atoms with Crippen LogP contribution in [-0.2, 0) is 14.3 Å². The second-order valence-corrected chi connectivity index (χ2v) is 9.14. The van der Waals surface area contributed by atoms with E-state index >= 15 is 0 Å². The molecule has 0 aromatic heterocycles. The Morgan fingerprint density at radius 3 is 2.41 bits per heavy atom. The molecule has 5 rings (SSSR count). The zero-order valence-electron chi connectivity index (χ0n) is 19.3. The molecule has 1 saturated heterocycles. The molecule has 1 amide bonds. The number of hydrogen-bond acceptors (Lipinski definition) is 5. The van der Waals surface area contributed by atoms with Crippen molar-refractivity contribution in [3.63, 3.8) is 0 Å². The summed E-state index contributed by atoms with van der Waals surface area (Å²) in [5.74, 6) is 0.737. The van der Waals surface area contributed by atoms with Gasteiger partial charge in [-0.3, -0.25) is 4.79 Å². The number of hydrogen-bond donors (Lipinski definition) is 2. The van der Waals surface area contributed by atoms with Crippen LogP contribution in [0.25, 0.3) is 0 Å². The Balaban J connectivity index is 1.60. The first-order valence-corrected chi connectivity index (χ1v) is 12.2. The molecule has 34 heavy (non-hydrogen) atoms. The molecule has 3 atom stereocenters. The van der Waals surface area contributed by atoms with Gasteiger partial charge in [0.25, 0.3) is 5.91 Å². The first-order chi connectivity index (χ1) is 16.7. The lowest BCUT2D eigenvalue weighted by Crippen LogP contribution is -2.60. The maximum atomic E-state index is 14.2. The van der Waals surface area contributed by atoms with Crippen molar-refractivity contribution in [2.45, 2.75) is 31.2 Å². The summed E-state index contributed by atoms with van der Waals surface area (Å²) in [7, 11) is 1.65. The van der Waals surface area contributed by atoms with Crippen LogP contribution in [0.15, 0.2) is 72.1 Å². The van der Waals surface area contributed by atoms with Crippen molar-refractivity contribution in [2.75, 3.05) is 33.4 Å². The molecule has 2 N–H and O–H groups in total. The lowest BCUT2D eigenvalue weighted by atomic mass is 9.93. The van der Waals surface area contributed by atoms with Gasteiger partial charge >= 0.3 is 0 Å². The van der Waals surface area contributed by atoms with Gasteiger partial charge in [-0.05, 0) is 36.2 Å². The van der Waals surface area contributed by atoms with Gasteiger partial charge in [0.2, 0.25) is 0 Å². The van der Waals surface area contributed by atoms with E-state index in [4.69, 9.17) is 21.7 Å². The van der Waals surface area contributed by atoms with Crippen molar-refractivity contribution in [1.29, 1.82) is 0 Å². The quantitative estimate of drug-likeness (QED) is 0.593. The number of benzene rings is 2. The van der Waals surface area contributed by atoms with Crippen LogP contribution in [0.2, 0.25) is 0 Å². The molecule has 7 nitrogen and oxygen atoms in total. The second kappa shape index (κ2) is 10.1. The van der Waals surface area contributed by atoms with Crippen molar-refractivity contribution < 1.29 is 14.3 Å². The monoisotopic (exact) mass is 478 g/mol. The molecular weight excluding hydrogens is 448 g/mol. The van der Waals surface area contributed by atoms with Crippen LogP contribution in [0.5, 0.6) is 0 Å². The van der Waals surface area contributed by atoms with Crippen molar-refractivity contribution in [3.05, 3.63) is 83.2 Å². The number of carbonyl (C=O) groups excluding carboxylic acids is 1. The van der Waals surface area contributed by atoms with E-state index in [1.54, 1.807) is 7.11 Å². The number of amides is 1. The molecule has 1 fully saturated rings. The van der Waals surface area contributed by atoms with Gasteiger partial charge in [-0.2, -0.15) is 0 Å². The summed E-state index contributed by atoms with van der Waals surface area (Å²) in [4.78, 5) is 18.0. The van der Waals surface area contributed by atoms with E-state index in [0.717, 1.165) is 36.4 Å². The smallest absolute Gasteiger partial charge is 0.257 e. The minimum atomic E-state index is -0.341. The van der Waals surface area contributed by atoms with E-state index in [2.05, 4.69) is 10.6 Å². The third-order valence-electron chi connectivity index (χ3n) is 6.60. The Labute approximate surface area is 205 Å². The van der Waals surface area contributed by atoms with Crippen molar-refractivity contribution in [1.82, 2.24) is 20.4 Å². The zero-order chi connectivity index (χ0) is 23.5. The van der Waals surface area contributed by atoms with E-state index < -0.39 is 0 Å². The molecule has 3 unspecified atom stereocenters. The van der Waals surface area contributed by atoms with Gasteiger partial charge in [0.1, 0.15) is 12.0 Å². The fraction of sp³-hybridized carbons (Fsp3) is 0.385. The van der Waals surface area contributed by atoms with Gasteiger partial charge in [-0.1, -0.05) is 60.7 Å². The molecule has 2 aromatic rings. The maximum absolute atomic E-state index is 14.2. The van der Waals surface area contributed by atoms with Gasteiger partial charge in [0.15, 0.2) is 5.11 Å². The average Bonchev–Trinajstić information content (AvgIpc) is 3.39. The van der Waals surface area contributed by atoms with Crippen LogP contribution in [0, 0.1) is 0 Å². The Bertz CT molecular complexity index is 1060. The summed E-state index contributed by atoms with van der Waals surface area (Å²) in [6.07, 6.45) is 1.79. The summed E-state index contributed by atoms with van der Waals surface area (Å²) < 4.78 is 11.3. The SMILES string of the molecule is COCCN1C(=O)C2=C(NC1c1ccccc1)N(CC1CCCO1)C(=S)NC2c1ccccc1. The standard InChI is InChI=1S/C26H30N4O3S/c1-32-16-14-29-23(19-11-6-3-7-12-19)28-24-21(25(29)31)22(18-9-4-2-5-10-18)27-26(34)30(24)17-20-13-8-15-33-20/h2-7,9-12,20,22-23,28H,8,13-17H2,1H3,(H,27,34). The predicted molar refractivity (Wildman–Crippen MR) is 134 cm³/mol. The molecule has 0 radical (unpaired) electrons. The highest BCUT2D eigenvalue weighted by Crippen LogP contribution is 2.37. The number of nitrogens with one attached hydrogen (secondary N) is 2. The van der Waals surface area contributed by atoms with Crippen LogP contribution in [0.4, 0.5) is 0 Å². The molecular formula is C26H30N4O3S. The van der Waals surface area contributed by atoms with Gasteiger partial charge in [-0.15, -0.1) is 0 Å². The molecule has 8 heteroatoms. The lowest BCUT2D eigenvalue weighted by molar-refractivity contribution is -0.133. The van der Waals surface area contributed by atoms with E-state index in [-0.39, 0.29) is 24.2 Å². The Kier molecular flexibility index (Phi) is 6.80. The Hall–Kier alpha value is -2.94. The largest absolute Gasteiger partial charge is 0.383 e. The van der Waals surface area contributed by atoms with Gasteiger partial charge in [-0.25, -0.2) is 0 Å². The fourth-order valence-corrected chi connectivity index (χ4v) is 5.18. The molecule has 0 aliphatic carbocycles. The van der Waals surface area contributed by atoms with Crippen LogP contribution >= 0.6 is 12.2 Å². The summed E-state index contributed by atoms with van der Waals surface area (Å²) in [6, 6.07) is 19.7. The highest BCUT2D eigenvalue weighted by Gasteiger charge is 2.44. The molecule has 3 aliphatic heterocycles. The Morgan fingerprint density at radius 1 is 1.06 bits per heavy atom. The zero-order valence-corrected chi connectivity index (χ0v) is 20.1. The number of methoxy groups -OCH3 is 1. The number of carbonyl (C=O) groups is 1. The first kappa shape index (κ1) is 22.8. The number of rotatable bonds is 7. The maximum Gasteiger partial charge on any atom is 0.257 e. The normalized spacial score (nSPS) is 24.7. The minimum absolute atomic E-state index is 0.0270. The molecule has 178 valence electrons. The van der Waals surface area contributed by atoms with Crippen molar-refractivity contribution in [2.24, 2.45) is 0 Å². The van der Waals surface area contributed by atoms with Crippen LogP contribution in [0.3, 0.4) is 0 Å². The third kappa shape index (κ3) is 4.41. The first-order valence-electron chi connectivity index (χ1n) is 11.8. The fourth-order valence-electron chi connectivity index (χ4n) is 4.90. The minimum Gasteiger partial charge on any atom is -0.383 e. The number of ether oxygens (including phenoxy) is 2. The van der Waals surface area contributed by atoms with Crippen LogP contribution in [-0.4, -0.2) is 60.3 Å². The highest BCUT2D eigenvalue weighted by molar-refractivity contribution is 7.80. The van der Waals surface area contributed by atoms with Crippen molar-refractivity contribution >= 4 is 23.2 Å². The van der Waals surface area contributed by atoms with Gasteiger partial charge < -0.3 is 29.9 Å². The van der Waals surface area contributed by atoms with Gasteiger partial charge in [0.05, 0.1) is 30.9 Å². The average molecular weight is 479 g/mol. The molecule has 3 heterocycles. The van der Waals surface area contributed by atoms with E-state index in [1.165, 1.54) is 0 Å². The summed E-state index contributed by atoms with van der Waals surface area (Å²) in [6.45, 7) is 2.28. The molecule has 0 saturated carbocycles. The number of nitrogens with zero attached hydrogens (tertiary/aromatic N) is 2. The van der Waals surface area contributed by atoms with Crippen LogP contribution < -0.4 is 10.6 Å². The second-order valence-electron chi connectivity index (χ2n) is 8.75. The lowest BCUT2D eigenvalue weighted by Gasteiger charge is -2.47. The highest BCUT2D eigenvalue weighted by atomic mass is 32.1. The predicted octanol–water partition coefficient (Wildman–Crippen LogP) is 3.09. The topological polar surface area (TPSA) is 66.1 Å².